The minimum absolute atomic E-state index is 0.0415. The number of fused-ring (bicyclic) bond motifs is 2. The monoisotopic (exact) mass is 511 g/mol. The number of nitrogens with one attached hydrogen (secondary N) is 1. The number of benzene rings is 3. The third-order valence-corrected chi connectivity index (χ3v) is 6.83. The van der Waals surface area contributed by atoms with Crippen LogP contribution in [0.5, 0.6) is 0 Å². The number of ketones is 1. The number of hydrogen-bond donors (Lipinski definition) is 1. The van der Waals surface area contributed by atoms with E-state index < -0.39 is 73.8 Å². The average molecular weight is 511 g/mol. The Kier molecular flexibility index (Phi) is 5.88. The molecule has 1 N–H and O–H groups in total. The van der Waals surface area contributed by atoms with Crippen LogP contribution in [-0.4, -0.2) is 32.7 Å². The van der Waals surface area contributed by atoms with Crippen molar-refractivity contribution in [2.45, 2.75) is 9.79 Å². The molecule has 0 aliphatic carbocycles. The average Bonchev–Trinajstić information content (AvgIpc) is 2.86. The van der Waals surface area contributed by atoms with Crippen molar-refractivity contribution in [2.24, 2.45) is 0 Å². The summed E-state index contributed by atoms with van der Waals surface area (Å²) in [6, 6.07) is 8.46. The lowest BCUT2D eigenvalue weighted by molar-refractivity contribution is -0.119. The van der Waals surface area contributed by atoms with E-state index in [-0.39, 0.29) is 21.6 Å². The maximum absolute atomic E-state index is 13.7. The van der Waals surface area contributed by atoms with Gasteiger partial charge in [0.15, 0.2) is 35.7 Å². The maximum atomic E-state index is 13.7. The van der Waals surface area contributed by atoms with Gasteiger partial charge >= 0.3 is 5.97 Å². The lowest BCUT2D eigenvalue weighted by Gasteiger charge is -2.19. The van der Waals surface area contributed by atoms with Crippen molar-refractivity contribution in [2.75, 3.05) is 11.9 Å². The molecule has 0 atom stereocenters. The van der Waals surface area contributed by atoms with Crippen molar-refractivity contribution in [1.29, 1.82) is 0 Å². The zero-order valence-electron chi connectivity index (χ0n) is 17.0. The van der Waals surface area contributed by atoms with Crippen molar-refractivity contribution >= 4 is 33.2 Å². The molecule has 0 aromatic heterocycles. The Morgan fingerprint density at radius 2 is 1.37 bits per heavy atom. The molecule has 0 saturated heterocycles. The van der Waals surface area contributed by atoms with Gasteiger partial charge in [-0.1, -0.05) is 12.1 Å². The highest BCUT2D eigenvalue weighted by atomic mass is 32.2. The minimum atomic E-state index is -4.18. The first-order chi connectivity index (χ1) is 16.4. The molecule has 1 aliphatic heterocycles. The predicted octanol–water partition coefficient (Wildman–Crippen LogP) is 3.55. The van der Waals surface area contributed by atoms with Crippen LogP contribution in [0.15, 0.2) is 52.3 Å². The summed E-state index contributed by atoms with van der Waals surface area (Å²) in [5.74, 6) is -14.9. The van der Waals surface area contributed by atoms with Crippen LogP contribution in [0.2, 0.25) is 0 Å². The first-order valence-corrected chi connectivity index (χ1v) is 10.9. The second-order valence-electron chi connectivity index (χ2n) is 7.11. The van der Waals surface area contributed by atoms with E-state index in [9.17, 15) is 44.8 Å². The second kappa shape index (κ2) is 8.58. The van der Waals surface area contributed by atoms with E-state index in [4.69, 9.17) is 0 Å². The molecule has 3 aromatic rings. The van der Waals surface area contributed by atoms with Crippen LogP contribution >= 0.6 is 0 Å². The molecule has 0 bridgehead atoms. The molecule has 0 spiro atoms. The number of esters is 1. The summed E-state index contributed by atoms with van der Waals surface area (Å²) in [5, 5.41) is 1.42. The molecule has 4 rings (SSSR count). The highest BCUT2D eigenvalue weighted by Gasteiger charge is 2.35. The summed E-state index contributed by atoms with van der Waals surface area (Å²) in [4.78, 5) is 36.1. The first-order valence-electron chi connectivity index (χ1n) is 9.46. The number of anilines is 1. The van der Waals surface area contributed by atoms with Crippen LogP contribution in [-0.2, 0) is 19.4 Å². The lowest BCUT2D eigenvalue weighted by atomic mass is 10.0. The SMILES string of the molecule is O=C(COC(=O)c1ccc2c(c1)S(=O)(=O)c1ccccc1C2=O)Nc1c(F)c(F)c(F)c(F)c1F. The Bertz CT molecular complexity index is 1530. The molecule has 0 radical (unpaired) electrons. The van der Waals surface area contributed by atoms with Gasteiger partial charge in [-0.05, 0) is 30.3 Å². The topological polar surface area (TPSA) is 107 Å². The van der Waals surface area contributed by atoms with E-state index in [1.54, 1.807) is 0 Å². The lowest BCUT2D eigenvalue weighted by Crippen LogP contribution is -2.24. The molecule has 0 fully saturated rings. The van der Waals surface area contributed by atoms with Crippen molar-refractivity contribution < 1.29 is 49.5 Å². The van der Waals surface area contributed by atoms with Gasteiger partial charge in [-0.3, -0.25) is 9.59 Å². The van der Waals surface area contributed by atoms with Crippen LogP contribution < -0.4 is 5.32 Å². The van der Waals surface area contributed by atoms with E-state index in [2.05, 4.69) is 4.74 Å². The van der Waals surface area contributed by atoms with Crippen LogP contribution in [0.25, 0.3) is 0 Å². The van der Waals surface area contributed by atoms with E-state index in [1.807, 2.05) is 0 Å². The number of carbonyl (C=O) groups excluding carboxylic acids is 3. The number of sulfone groups is 1. The second-order valence-corrected chi connectivity index (χ2v) is 9.00. The largest absolute Gasteiger partial charge is 0.452 e. The standard InChI is InChI=1S/C22H10F5NO6S/c23-15-16(24)18(26)20(19(27)17(15)25)28-14(29)8-34-22(31)9-5-6-11-13(7-9)35(32,33)12-4-2-1-3-10(12)21(11)30/h1-7H,8H2,(H,28,29). The Morgan fingerprint density at radius 1 is 0.800 bits per heavy atom. The molecular weight excluding hydrogens is 501 g/mol. The molecule has 1 aliphatic rings. The third-order valence-electron chi connectivity index (χ3n) is 4.98. The van der Waals surface area contributed by atoms with E-state index in [0.29, 0.717) is 0 Å². The molecule has 180 valence electrons. The molecule has 0 unspecified atom stereocenters. The van der Waals surface area contributed by atoms with Gasteiger partial charge in [-0.15, -0.1) is 0 Å². The molecule has 13 heteroatoms. The Labute approximate surface area is 193 Å². The summed E-state index contributed by atoms with van der Waals surface area (Å²) in [7, 11) is -4.18. The third kappa shape index (κ3) is 3.93. The highest BCUT2D eigenvalue weighted by Crippen LogP contribution is 2.35. The number of ether oxygens (including phenoxy) is 1. The van der Waals surface area contributed by atoms with Crippen LogP contribution in [0.1, 0.15) is 26.3 Å². The van der Waals surface area contributed by atoms with Gasteiger partial charge in [0.25, 0.3) is 5.91 Å². The number of hydrogen-bond acceptors (Lipinski definition) is 6. The van der Waals surface area contributed by atoms with Crippen molar-refractivity contribution in [3.8, 4) is 0 Å². The molecule has 35 heavy (non-hydrogen) atoms. The molecular formula is C22H10F5NO6S. The Balaban J connectivity index is 1.53. The van der Waals surface area contributed by atoms with Gasteiger partial charge in [0.1, 0.15) is 5.69 Å². The zero-order chi connectivity index (χ0) is 25.7. The molecule has 3 aromatic carbocycles. The fourth-order valence-electron chi connectivity index (χ4n) is 3.32. The summed E-state index contributed by atoms with van der Waals surface area (Å²) in [5.41, 5.74) is -2.26. The zero-order valence-corrected chi connectivity index (χ0v) is 17.8. The van der Waals surface area contributed by atoms with Gasteiger partial charge in [0.2, 0.25) is 15.7 Å². The van der Waals surface area contributed by atoms with E-state index in [1.165, 1.54) is 29.6 Å². The number of halogens is 5. The summed E-state index contributed by atoms with van der Waals surface area (Å²) in [6.45, 7) is -1.22. The molecule has 1 heterocycles. The van der Waals surface area contributed by atoms with Crippen molar-refractivity contribution in [3.63, 3.8) is 0 Å². The fraction of sp³-hybridized carbons (Fsp3) is 0.0455. The molecule has 0 saturated carbocycles. The Morgan fingerprint density at radius 3 is 2.03 bits per heavy atom. The van der Waals surface area contributed by atoms with Gasteiger partial charge < -0.3 is 10.1 Å². The minimum Gasteiger partial charge on any atom is -0.452 e. The van der Waals surface area contributed by atoms with E-state index in [0.717, 1.165) is 18.2 Å². The predicted molar refractivity (Wildman–Crippen MR) is 107 cm³/mol. The Hall–Kier alpha value is -4.13. The van der Waals surface area contributed by atoms with Crippen molar-refractivity contribution in [1.82, 2.24) is 0 Å². The van der Waals surface area contributed by atoms with Crippen LogP contribution in [0.4, 0.5) is 27.6 Å². The van der Waals surface area contributed by atoms with Crippen molar-refractivity contribution in [3.05, 3.63) is 88.2 Å². The number of carbonyl (C=O) groups is 3. The first kappa shape index (κ1) is 24.0. The highest BCUT2D eigenvalue weighted by molar-refractivity contribution is 7.91. The summed E-state index contributed by atoms with van der Waals surface area (Å²) < 4.78 is 97.3. The van der Waals surface area contributed by atoms with E-state index >= 15 is 0 Å². The van der Waals surface area contributed by atoms with Gasteiger partial charge in [0.05, 0.1) is 15.4 Å². The normalized spacial score (nSPS) is 13.6. The maximum Gasteiger partial charge on any atom is 0.338 e. The molecule has 7 nitrogen and oxygen atoms in total. The smallest absolute Gasteiger partial charge is 0.338 e. The summed E-state index contributed by atoms with van der Waals surface area (Å²) in [6.07, 6.45) is 0. The van der Waals surface area contributed by atoms with Crippen LogP contribution in [0, 0.1) is 29.1 Å². The summed E-state index contributed by atoms with van der Waals surface area (Å²) >= 11 is 0. The molecule has 1 amide bonds. The van der Waals surface area contributed by atoms with Crippen LogP contribution in [0.3, 0.4) is 0 Å². The number of rotatable bonds is 4. The van der Waals surface area contributed by atoms with Gasteiger partial charge in [-0.25, -0.2) is 35.2 Å². The number of amides is 1. The van der Waals surface area contributed by atoms with Gasteiger partial charge in [-0.2, -0.15) is 0 Å². The fourth-order valence-corrected chi connectivity index (χ4v) is 4.99. The quantitative estimate of drug-likeness (QED) is 0.194. The van der Waals surface area contributed by atoms with Gasteiger partial charge in [0, 0.05) is 11.1 Å².